The third kappa shape index (κ3) is 2.64. The number of ether oxygens (including phenoxy) is 1. The molecule has 1 rings (SSSR count). The molecule has 5 heteroatoms. The Morgan fingerprint density at radius 2 is 2.31 bits per heavy atom. The summed E-state index contributed by atoms with van der Waals surface area (Å²) in [6.07, 6.45) is 2.76. The highest BCUT2D eigenvalue weighted by Crippen LogP contribution is 1.98. The molecule has 13 heavy (non-hydrogen) atoms. The normalized spacial score (nSPS) is 9.31. The first-order valence-corrected chi connectivity index (χ1v) is 3.50. The summed E-state index contributed by atoms with van der Waals surface area (Å²) < 4.78 is 4.22. The number of aromatic nitrogens is 1. The molecule has 68 valence electrons. The third-order valence-electron chi connectivity index (χ3n) is 1.23. The maximum atomic E-state index is 11.0. The minimum Gasteiger partial charge on any atom is -0.388 e. The fraction of sp³-hybridized carbons (Fsp3) is 0.125. The molecule has 0 fully saturated rings. The molecule has 0 spiro atoms. The molecule has 0 amide bonds. The van der Waals surface area contributed by atoms with E-state index in [9.17, 15) is 9.59 Å². The lowest BCUT2D eigenvalue weighted by molar-refractivity contribution is -0.141. The van der Waals surface area contributed by atoms with Crippen molar-refractivity contribution in [1.29, 1.82) is 0 Å². The van der Waals surface area contributed by atoms with Gasteiger partial charge in [0.15, 0.2) is 0 Å². The van der Waals surface area contributed by atoms with Crippen molar-refractivity contribution in [2.45, 2.75) is 0 Å². The molecular weight excluding hydrogens is 174 g/mol. The van der Waals surface area contributed by atoms with Gasteiger partial charge < -0.3 is 9.84 Å². The van der Waals surface area contributed by atoms with Gasteiger partial charge in [-0.25, -0.2) is 9.59 Å². The van der Waals surface area contributed by atoms with Gasteiger partial charge in [-0.3, -0.25) is 4.98 Å². The van der Waals surface area contributed by atoms with Gasteiger partial charge in [0.1, 0.15) is 6.61 Å². The van der Waals surface area contributed by atoms with Crippen LogP contribution in [-0.4, -0.2) is 28.6 Å². The minimum absolute atomic E-state index is 0.171. The molecule has 0 aliphatic carbocycles. The highest BCUT2D eigenvalue weighted by Gasteiger charge is 2.11. The molecular formula is C8H7NO4. The summed E-state index contributed by atoms with van der Waals surface area (Å²) in [7, 11) is 0. The third-order valence-corrected chi connectivity index (χ3v) is 1.23. The van der Waals surface area contributed by atoms with E-state index in [0.717, 1.165) is 0 Å². The van der Waals surface area contributed by atoms with Gasteiger partial charge >= 0.3 is 11.9 Å². The Kier molecular flexibility index (Phi) is 3.10. The standard InChI is InChI=1S/C8H7NO4/c10-5-7(11)13-8(12)6-2-1-3-9-4-6/h1-4,10H,5H2. The van der Waals surface area contributed by atoms with E-state index in [2.05, 4.69) is 9.72 Å². The van der Waals surface area contributed by atoms with E-state index in [1.54, 1.807) is 6.07 Å². The molecule has 0 aliphatic heterocycles. The Balaban J connectivity index is 2.65. The fourth-order valence-corrected chi connectivity index (χ4v) is 0.678. The highest BCUT2D eigenvalue weighted by atomic mass is 16.6. The number of hydrogen-bond acceptors (Lipinski definition) is 5. The molecule has 0 aromatic carbocycles. The average molecular weight is 181 g/mol. The van der Waals surface area contributed by atoms with E-state index in [1.165, 1.54) is 18.5 Å². The molecule has 1 aromatic rings. The molecule has 0 bridgehead atoms. The van der Waals surface area contributed by atoms with Gasteiger partial charge in [0.2, 0.25) is 0 Å². The second-order valence-electron chi connectivity index (χ2n) is 2.16. The van der Waals surface area contributed by atoms with E-state index >= 15 is 0 Å². The second kappa shape index (κ2) is 4.32. The zero-order chi connectivity index (χ0) is 9.68. The predicted octanol–water partition coefficient (Wildman–Crippen LogP) is -0.243. The van der Waals surface area contributed by atoms with Crippen LogP contribution in [0.25, 0.3) is 0 Å². The number of aliphatic hydroxyl groups is 1. The molecule has 1 heterocycles. The Morgan fingerprint density at radius 3 is 2.85 bits per heavy atom. The average Bonchev–Trinajstić information content (AvgIpc) is 2.19. The highest BCUT2D eigenvalue weighted by molar-refractivity contribution is 5.96. The Hall–Kier alpha value is -1.75. The Morgan fingerprint density at radius 1 is 1.54 bits per heavy atom. The molecule has 0 atom stereocenters. The van der Waals surface area contributed by atoms with Crippen molar-refractivity contribution in [1.82, 2.24) is 4.98 Å². The number of pyridine rings is 1. The number of carbonyl (C=O) groups is 2. The largest absolute Gasteiger partial charge is 0.388 e. The van der Waals surface area contributed by atoms with Crippen molar-refractivity contribution in [3.05, 3.63) is 30.1 Å². The second-order valence-corrected chi connectivity index (χ2v) is 2.16. The number of carbonyl (C=O) groups excluding carboxylic acids is 2. The van der Waals surface area contributed by atoms with Gasteiger partial charge in [-0.05, 0) is 12.1 Å². The van der Waals surface area contributed by atoms with E-state index in [4.69, 9.17) is 5.11 Å². The lowest BCUT2D eigenvalue weighted by Crippen LogP contribution is -2.15. The van der Waals surface area contributed by atoms with Gasteiger partial charge in [0.25, 0.3) is 0 Å². The molecule has 0 saturated carbocycles. The van der Waals surface area contributed by atoms with Crippen LogP contribution < -0.4 is 0 Å². The minimum atomic E-state index is -0.978. The first-order chi connectivity index (χ1) is 6.24. The van der Waals surface area contributed by atoms with E-state index in [-0.39, 0.29) is 5.56 Å². The van der Waals surface area contributed by atoms with Crippen molar-refractivity contribution in [3.8, 4) is 0 Å². The van der Waals surface area contributed by atoms with Crippen LogP contribution in [-0.2, 0) is 9.53 Å². The van der Waals surface area contributed by atoms with Crippen LogP contribution in [0, 0.1) is 0 Å². The van der Waals surface area contributed by atoms with Gasteiger partial charge in [0, 0.05) is 12.4 Å². The predicted molar refractivity (Wildman–Crippen MR) is 41.7 cm³/mol. The van der Waals surface area contributed by atoms with Crippen molar-refractivity contribution >= 4 is 11.9 Å². The summed E-state index contributed by atoms with van der Waals surface area (Å²) in [6, 6.07) is 3.00. The Labute approximate surface area is 74.0 Å². The summed E-state index contributed by atoms with van der Waals surface area (Å²) in [5.41, 5.74) is 0.171. The molecule has 1 N–H and O–H groups in total. The van der Waals surface area contributed by atoms with Crippen molar-refractivity contribution in [2.24, 2.45) is 0 Å². The van der Waals surface area contributed by atoms with Crippen LogP contribution in [0.4, 0.5) is 0 Å². The zero-order valence-corrected chi connectivity index (χ0v) is 6.64. The van der Waals surface area contributed by atoms with Crippen LogP contribution >= 0.6 is 0 Å². The van der Waals surface area contributed by atoms with Crippen LogP contribution in [0.1, 0.15) is 10.4 Å². The number of hydrogen-bond donors (Lipinski definition) is 1. The molecule has 0 saturated heterocycles. The fourth-order valence-electron chi connectivity index (χ4n) is 0.678. The lowest BCUT2D eigenvalue weighted by Gasteiger charge is -1.98. The topological polar surface area (TPSA) is 76.5 Å². The van der Waals surface area contributed by atoms with Crippen LogP contribution in [0.5, 0.6) is 0 Å². The van der Waals surface area contributed by atoms with E-state index < -0.39 is 18.5 Å². The lowest BCUT2D eigenvalue weighted by atomic mass is 10.3. The maximum absolute atomic E-state index is 11.0. The van der Waals surface area contributed by atoms with Crippen LogP contribution in [0.2, 0.25) is 0 Å². The first kappa shape index (κ1) is 9.34. The van der Waals surface area contributed by atoms with Gasteiger partial charge in [0.05, 0.1) is 5.56 Å². The number of esters is 2. The van der Waals surface area contributed by atoms with Crippen molar-refractivity contribution in [3.63, 3.8) is 0 Å². The maximum Gasteiger partial charge on any atom is 0.347 e. The number of rotatable bonds is 2. The van der Waals surface area contributed by atoms with Crippen molar-refractivity contribution in [2.75, 3.05) is 6.61 Å². The van der Waals surface area contributed by atoms with Gasteiger partial charge in [-0.1, -0.05) is 0 Å². The van der Waals surface area contributed by atoms with E-state index in [1.807, 2.05) is 0 Å². The number of nitrogens with zero attached hydrogens (tertiary/aromatic N) is 1. The molecule has 1 aromatic heterocycles. The zero-order valence-electron chi connectivity index (χ0n) is 6.64. The SMILES string of the molecule is O=C(CO)OC(=O)c1cccnc1. The summed E-state index contributed by atoms with van der Waals surface area (Å²) >= 11 is 0. The summed E-state index contributed by atoms with van der Waals surface area (Å²) in [5.74, 6) is -1.79. The van der Waals surface area contributed by atoms with Crippen LogP contribution in [0.15, 0.2) is 24.5 Å². The molecule has 5 nitrogen and oxygen atoms in total. The summed E-state index contributed by atoms with van der Waals surface area (Å²) in [6.45, 7) is -0.813. The summed E-state index contributed by atoms with van der Waals surface area (Å²) in [4.78, 5) is 25.2. The molecule has 0 unspecified atom stereocenters. The van der Waals surface area contributed by atoms with Gasteiger partial charge in [-0.15, -0.1) is 0 Å². The van der Waals surface area contributed by atoms with Crippen LogP contribution in [0.3, 0.4) is 0 Å². The smallest absolute Gasteiger partial charge is 0.347 e. The monoisotopic (exact) mass is 181 g/mol. The number of aliphatic hydroxyl groups excluding tert-OH is 1. The Bertz CT molecular complexity index is 309. The first-order valence-electron chi connectivity index (χ1n) is 3.50. The van der Waals surface area contributed by atoms with Crippen molar-refractivity contribution < 1.29 is 19.4 Å². The summed E-state index contributed by atoms with van der Waals surface area (Å²) in [5, 5.41) is 8.29. The van der Waals surface area contributed by atoms with E-state index in [0.29, 0.717) is 0 Å². The van der Waals surface area contributed by atoms with Gasteiger partial charge in [-0.2, -0.15) is 0 Å². The molecule has 0 radical (unpaired) electrons. The molecule has 0 aliphatic rings. The quantitative estimate of drug-likeness (QED) is 0.503.